The van der Waals surface area contributed by atoms with Crippen molar-refractivity contribution >= 4 is 29.1 Å². The number of esters is 1. The molecular weight excluding hydrogens is 472 g/mol. The Morgan fingerprint density at radius 3 is 2.50 bits per heavy atom. The predicted octanol–water partition coefficient (Wildman–Crippen LogP) is 5.23. The van der Waals surface area contributed by atoms with Gasteiger partial charge in [-0.1, -0.05) is 11.6 Å². The number of ether oxygens (including phenoxy) is 4. The summed E-state index contributed by atoms with van der Waals surface area (Å²) >= 11 is 6.39. The largest absolute Gasteiger partial charge is 0.496 e. The van der Waals surface area contributed by atoms with E-state index < -0.39 is 17.6 Å². The first-order chi connectivity index (χ1) is 16.3. The fourth-order valence-electron chi connectivity index (χ4n) is 3.10. The van der Waals surface area contributed by atoms with Crippen LogP contribution in [0.5, 0.6) is 17.2 Å². The minimum absolute atomic E-state index is 0.106. The first-order valence-corrected chi connectivity index (χ1v) is 10.4. The Morgan fingerprint density at radius 2 is 1.82 bits per heavy atom. The van der Waals surface area contributed by atoms with Gasteiger partial charge in [-0.05, 0) is 26.0 Å². The zero-order chi connectivity index (χ0) is 24.8. The fraction of sp³-hybridized carbons (Fsp3) is 0.261. The number of methoxy groups -OCH3 is 2. The highest BCUT2D eigenvalue weighted by atomic mass is 35.5. The van der Waals surface area contributed by atoms with Crippen molar-refractivity contribution < 1.29 is 32.5 Å². The minimum atomic E-state index is -1.08. The van der Waals surface area contributed by atoms with Crippen molar-refractivity contribution in [1.29, 1.82) is 0 Å². The van der Waals surface area contributed by atoms with Crippen molar-refractivity contribution in [2.24, 2.45) is 0 Å². The number of nitrogens with zero attached hydrogens (tertiary/aromatic N) is 2. The van der Waals surface area contributed by atoms with E-state index in [2.05, 4.69) is 15.3 Å². The summed E-state index contributed by atoms with van der Waals surface area (Å²) in [4.78, 5) is 20.6. The molecule has 0 fully saturated rings. The van der Waals surface area contributed by atoms with E-state index in [9.17, 15) is 13.6 Å². The quantitative estimate of drug-likeness (QED) is 0.405. The number of anilines is 2. The molecule has 0 saturated carbocycles. The van der Waals surface area contributed by atoms with Crippen LogP contribution in [-0.2, 0) is 11.3 Å². The molecule has 0 saturated heterocycles. The van der Waals surface area contributed by atoms with Gasteiger partial charge in [-0.2, -0.15) is 0 Å². The van der Waals surface area contributed by atoms with Crippen LogP contribution in [0.1, 0.15) is 28.5 Å². The summed E-state index contributed by atoms with van der Waals surface area (Å²) in [6.07, 6.45) is 1.29. The molecule has 0 unspecified atom stereocenters. The third-order valence-corrected chi connectivity index (χ3v) is 5.08. The molecule has 11 heteroatoms. The molecule has 0 spiro atoms. The van der Waals surface area contributed by atoms with Crippen LogP contribution < -0.4 is 19.5 Å². The second kappa shape index (κ2) is 11.0. The van der Waals surface area contributed by atoms with Gasteiger partial charge in [0, 0.05) is 12.1 Å². The maximum absolute atomic E-state index is 14.3. The molecule has 180 valence electrons. The highest BCUT2D eigenvalue weighted by Gasteiger charge is 2.21. The average molecular weight is 494 g/mol. The monoisotopic (exact) mass is 493 g/mol. The Bertz CT molecular complexity index is 1210. The maximum atomic E-state index is 14.3. The van der Waals surface area contributed by atoms with E-state index in [1.807, 2.05) is 0 Å². The predicted molar refractivity (Wildman–Crippen MR) is 121 cm³/mol. The molecule has 0 bridgehead atoms. The molecule has 34 heavy (non-hydrogen) atoms. The van der Waals surface area contributed by atoms with E-state index in [1.54, 1.807) is 13.8 Å². The van der Waals surface area contributed by atoms with E-state index in [4.69, 9.17) is 30.5 Å². The van der Waals surface area contributed by atoms with Gasteiger partial charge in [0.1, 0.15) is 30.1 Å². The van der Waals surface area contributed by atoms with Gasteiger partial charge >= 0.3 is 5.97 Å². The Morgan fingerprint density at radius 1 is 1.09 bits per heavy atom. The van der Waals surface area contributed by atoms with E-state index in [0.717, 1.165) is 6.07 Å². The van der Waals surface area contributed by atoms with Crippen LogP contribution in [0.25, 0.3) is 0 Å². The smallest absolute Gasteiger partial charge is 0.343 e. The van der Waals surface area contributed by atoms with Crippen molar-refractivity contribution in [1.82, 2.24) is 9.97 Å². The standard InChI is InChI=1S/C23H22ClF2N3O5/c1-5-33-23(30)20-12(2)27-11-28-22(20)29-16-9-19(18(32-4)8-14(16)24)34-10-13-17(31-3)7-6-15(25)21(13)26/h6-9,11H,5,10H2,1-4H3,(H,27,28,29). The topological polar surface area (TPSA) is 91.8 Å². The molecule has 2 aromatic carbocycles. The molecule has 3 rings (SSSR count). The van der Waals surface area contributed by atoms with Crippen LogP contribution in [0.2, 0.25) is 5.02 Å². The molecule has 1 aromatic heterocycles. The highest BCUT2D eigenvalue weighted by molar-refractivity contribution is 6.33. The van der Waals surface area contributed by atoms with Gasteiger partial charge in [0.05, 0.1) is 42.8 Å². The summed E-state index contributed by atoms with van der Waals surface area (Å²) in [5, 5.41) is 3.20. The van der Waals surface area contributed by atoms with Crippen LogP contribution in [0, 0.1) is 18.6 Å². The van der Waals surface area contributed by atoms with Crippen LogP contribution in [0.3, 0.4) is 0 Å². The van der Waals surface area contributed by atoms with E-state index in [0.29, 0.717) is 11.4 Å². The van der Waals surface area contributed by atoms with Gasteiger partial charge in [0.15, 0.2) is 23.1 Å². The summed E-state index contributed by atoms with van der Waals surface area (Å²) in [6, 6.07) is 5.22. The molecular formula is C23H22ClF2N3O5. The molecule has 0 aliphatic carbocycles. The molecule has 0 radical (unpaired) electrons. The summed E-state index contributed by atoms with van der Waals surface area (Å²) in [7, 11) is 2.74. The highest BCUT2D eigenvalue weighted by Crippen LogP contribution is 2.39. The lowest BCUT2D eigenvalue weighted by atomic mass is 10.2. The molecule has 0 amide bonds. The molecule has 8 nitrogen and oxygen atoms in total. The number of aryl methyl sites for hydroxylation is 1. The van der Waals surface area contributed by atoms with Crippen LogP contribution >= 0.6 is 11.6 Å². The van der Waals surface area contributed by atoms with Crippen molar-refractivity contribution in [2.45, 2.75) is 20.5 Å². The average Bonchev–Trinajstić information content (AvgIpc) is 2.81. The van der Waals surface area contributed by atoms with E-state index in [-0.39, 0.29) is 52.4 Å². The molecule has 0 aliphatic heterocycles. The van der Waals surface area contributed by atoms with Gasteiger partial charge in [0.25, 0.3) is 0 Å². The SMILES string of the molecule is CCOC(=O)c1c(C)ncnc1Nc1cc(OCc2c(OC)ccc(F)c2F)c(OC)cc1Cl. The number of hydrogen-bond donors (Lipinski definition) is 1. The number of carbonyl (C=O) groups is 1. The van der Waals surface area contributed by atoms with Crippen LogP contribution in [0.15, 0.2) is 30.6 Å². The van der Waals surface area contributed by atoms with Gasteiger partial charge in [0.2, 0.25) is 0 Å². The first-order valence-electron chi connectivity index (χ1n) is 10.1. The van der Waals surface area contributed by atoms with Crippen molar-refractivity contribution in [3.63, 3.8) is 0 Å². The van der Waals surface area contributed by atoms with Gasteiger partial charge < -0.3 is 24.3 Å². The molecule has 0 aliphatic rings. The van der Waals surface area contributed by atoms with Gasteiger partial charge in [-0.25, -0.2) is 23.5 Å². The summed E-state index contributed by atoms with van der Waals surface area (Å²) < 4.78 is 49.3. The minimum Gasteiger partial charge on any atom is -0.496 e. The lowest BCUT2D eigenvalue weighted by molar-refractivity contribution is 0.0525. The fourth-order valence-corrected chi connectivity index (χ4v) is 3.30. The lowest BCUT2D eigenvalue weighted by Gasteiger charge is -2.17. The second-order valence-electron chi connectivity index (χ2n) is 6.84. The summed E-state index contributed by atoms with van der Waals surface area (Å²) in [6.45, 7) is 3.15. The Labute approximate surface area is 199 Å². The van der Waals surface area contributed by atoms with Crippen LogP contribution in [0.4, 0.5) is 20.3 Å². The number of nitrogens with one attached hydrogen (secondary N) is 1. The molecule has 1 N–H and O–H groups in total. The molecule has 1 heterocycles. The third kappa shape index (κ3) is 5.28. The summed E-state index contributed by atoms with van der Waals surface area (Å²) in [5.74, 6) is -2.00. The number of halogens is 3. The third-order valence-electron chi connectivity index (χ3n) is 4.77. The van der Waals surface area contributed by atoms with E-state index in [1.165, 1.54) is 38.7 Å². The maximum Gasteiger partial charge on any atom is 0.343 e. The number of rotatable bonds is 9. The van der Waals surface area contributed by atoms with Gasteiger partial charge in [-0.15, -0.1) is 0 Å². The van der Waals surface area contributed by atoms with Crippen molar-refractivity contribution in [3.05, 3.63) is 64.1 Å². The van der Waals surface area contributed by atoms with Crippen molar-refractivity contribution in [3.8, 4) is 17.2 Å². The number of carbonyl (C=O) groups excluding carboxylic acids is 1. The first kappa shape index (κ1) is 25.0. The second-order valence-corrected chi connectivity index (χ2v) is 7.25. The molecule has 0 atom stereocenters. The zero-order valence-corrected chi connectivity index (χ0v) is 19.6. The molecule has 3 aromatic rings. The van der Waals surface area contributed by atoms with E-state index >= 15 is 0 Å². The Balaban J connectivity index is 1.96. The van der Waals surface area contributed by atoms with Crippen LogP contribution in [-0.4, -0.2) is 36.8 Å². The number of hydrogen-bond acceptors (Lipinski definition) is 8. The normalized spacial score (nSPS) is 10.6. The Kier molecular flexibility index (Phi) is 8.06. The van der Waals surface area contributed by atoms with Crippen molar-refractivity contribution in [2.75, 3.05) is 26.1 Å². The lowest BCUT2D eigenvalue weighted by Crippen LogP contribution is -2.12. The summed E-state index contributed by atoms with van der Waals surface area (Å²) in [5.41, 5.74) is 0.758. The zero-order valence-electron chi connectivity index (χ0n) is 18.9. The number of benzene rings is 2. The number of aromatic nitrogens is 2. The Hall–Kier alpha value is -3.66. The van der Waals surface area contributed by atoms with Gasteiger partial charge in [-0.3, -0.25) is 0 Å².